The summed E-state index contributed by atoms with van der Waals surface area (Å²) in [6.07, 6.45) is -12.5. The molecule has 16 nitrogen and oxygen atoms in total. The molecule has 2 aliphatic rings. The molecule has 2 aliphatic heterocycles. The highest BCUT2D eigenvalue weighted by atomic mass is 32.3. The molecule has 10 atom stereocenters. The molecule has 0 bridgehead atoms. The highest BCUT2D eigenvalue weighted by Crippen LogP contribution is 2.31. The molecule has 2 heterocycles. The molecule has 0 saturated carbocycles. The number of carbonyl (C=O) groups is 1. The molecule has 0 amide bonds. The lowest BCUT2D eigenvalue weighted by Gasteiger charge is -2.40. The average Bonchev–Trinajstić information content (AvgIpc) is 2.89. The number of nitrogens with zero attached hydrogens (tertiary/aromatic N) is 1. The fourth-order valence-electron chi connectivity index (χ4n) is 3.93. The van der Waals surface area contributed by atoms with Crippen molar-refractivity contribution in [1.29, 1.82) is 0 Å². The van der Waals surface area contributed by atoms with Crippen LogP contribution < -0.4 is 4.74 Å². The molecule has 0 radical (unpaired) electrons. The van der Waals surface area contributed by atoms with Crippen molar-refractivity contribution >= 4 is 33.2 Å². The van der Waals surface area contributed by atoms with E-state index >= 15 is 0 Å². The van der Waals surface area contributed by atoms with Crippen molar-refractivity contribution in [3.05, 3.63) is 29.8 Å². The quantitative estimate of drug-likeness (QED) is 0.0507. The molecule has 0 unspecified atom stereocenters. The molecule has 0 aromatic heterocycles. The largest absolute Gasteiger partial charge is 0.466 e. The fourth-order valence-corrected chi connectivity index (χ4v) is 5.26. The first kappa shape index (κ1) is 32.4. The minimum atomic E-state index is -4.99. The van der Waals surface area contributed by atoms with Gasteiger partial charge in [0.25, 0.3) is 0 Å². The molecule has 0 spiro atoms. The van der Waals surface area contributed by atoms with Crippen LogP contribution in [0.5, 0.6) is 5.75 Å². The third-order valence-corrected chi connectivity index (χ3v) is 7.32. The molecule has 18 heteroatoms. The smallest absolute Gasteiger partial charge is 0.462 e. The van der Waals surface area contributed by atoms with E-state index in [9.17, 15) is 43.9 Å². The zero-order valence-corrected chi connectivity index (χ0v) is 22.8. The van der Waals surface area contributed by atoms with Gasteiger partial charge in [-0.05, 0) is 24.6 Å². The van der Waals surface area contributed by atoms with Crippen LogP contribution in [0.15, 0.2) is 29.4 Å². The van der Waals surface area contributed by atoms with Gasteiger partial charge < -0.3 is 49.6 Å². The second-order valence-electron chi connectivity index (χ2n) is 9.01. The predicted molar refractivity (Wildman–Crippen MR) is 134 cm³/mol. The summed E-state index contributed by atoms with van der Waals surface area (Å²) in [5.74, 6) is -0.455. The van der Waals surface area contributed by atoms with E-state index in [0.717, 1.165) is 6.92 Å². The van der Waals surface area contributed by atoms with Gasteiger partial charge in [0.2, 0.25) is 6.29 Å². The molecular weight excluding hydrogens is 582 g/mol. The molecule has 2 fully saturated rings. The minimum absolute atomic E-state index is 0.141. The Morgan fingerprint density at radius 3 is 2.23 bits per heavy atom. The van der Waals surface area contributed by atoms with Crippen molar-refractivity contribution in [3.8, 4) is 5.75 Å². The molecule has 1 aromatic rings. The van der Waals surface area contributed by atoms with E-state index in [0.29, 0.717) is 17.3 Å². The van der Waals surface area contributed by atoms with Crippen molar-refractivity contribution in [2.75, 3.05) is 6.61 Å². The van der Waals surface area contributed by atoms with E-state index in [4.69, 9.17) is 23.5 Å². The number of hydrogen-bond donors (Lipinski definition) is 7. The normalized spacial score (nSPS) is 35.2. The van der Waals surface area contributed by atoms with Gasteiger partial charge in [0, 0.05) is 13.3 Å². The first-order valence-electron chi connectivity index (χ1n) is 11.8. The topological polar surface area (TPSA) is 251 Å². The Morgan fingerprint density at radius 1 is 1.00 bits per heavy atom. The Bertz CT molecular complexity index is 1130. The highest BCUT2D eigenvalue weighted by molar-refractivity contribution is 8.14. The second-order valence-corrected chi connectivity index (χ2v) is 11.2. The fraction of sp³-hybridized carbons (Fsp3) is 0.636. The van der Waals surface area contributed by atoms with Crippen LogP contribution >= 0.6 is 11.8 Å². The molecular formula is C22H31NO15S2. The number of aliphatic hydroxyl groups excluding tert-OH is 6. The van der Waals surface area contributed by atoms with Gasteiger partial charge in [-0.15, -0.1) is 0 Å². The second kappa shape index (κ2) is 13.7. The number of rotatable bonds is 9. The van der Waals surface area contributed by atoms with Gasteiger partial charge in [-0.25, -0.2) is 4.28 Å². The first-order chi connectivity index (χ1) is 18.7. The number of aliphatic hydroxyl groups is 6. The number of carbonyl (C=O) groups excluding carboxylic acids is 1. The van der Waals surface area contributed by atoms with Crippen molar-refractivity contribution < 1.29 is 71.6 Å². The molecule has 1 aromatic carbocycles. The van der Waals surface area contributed by atoms with E-state index < -0.39 is 83.5 Å². The molecule has 7 N–H and O–H groups in total. The van der Waals surface area contributed by atoms with E-state index in [1.54, 1.807) is 0 Å². The molecule has 0 aliphatic carbocycles. The Labute approximate surface area is 233 Å². The third-order valence-electron chi connectivity index (χ3n) is 5.94. The lowest BCUT2D eigenvalue weighted by molar-refractivity contribution is -0.272. The molecule has 3 rings (SSSR count). The predicted octanol–water partition coefficient (Wildman–Crippen LogP) is -2.33. The summed E-state index contributed by atoms with van der Waals surface area (Å²) in [6, 6.07) is 5.95. The Morgan fingerprint density at radius 2 is 1.65 bits per heavy atom. The summed E-state index contributed by atoms with van der Waals surface area (Å²) < 4.78 is 56.7. The van der Waals surface area contributed by atoms with Crippen LogP contribution in [0.2, 0.25) is 0 Å². The molecule has 2 saturated heterocycles. The number of esters is 1. The highest BCUT2D eigenvalue weighted by Gasteiger charge is 2.46. The zero-order valence-electron chi connectivity index (χ0n) is 21.2. The summed E-state index contributed by atoms with van der Waals surface area (Å²) >= 11 is 0.619. The minimum Gasteiger partial charge on any atom is -0.462 e. The lowest BCUT2D eigenvalue weighted by Crippen LogP contribution is -2.59. The van der Waals surface area contributed by atoms with Crippen LogP contribution in [-0.4, -0.2) is 122 Å². The van der Waals surface area contributed by atoms with Crippen LogP contribution in [0.1, 0.15) is 19.4 Å². The Kier molecular flexibility index (Phi) is 11.1. The van der Waals surface area contributed by atoms with Crippen LogP contribution in [-0.2, 0) is 40.1 Å². The van der Waals surface area contributed by atoms with Crippen molar-refractivity contribution in [1.82, 2.24) is 0 Å². The number of thioether (sulfide) groups is 1. The van der Waals surface area contributed by atoms with Crippen LogP contribution in [0, 0.1) is 0 Å². The standard InChI is InChI=1S/C22H31NO15S2/c1-9-20(35-10(2)25)17(28)18(29)21(34-9)36-12-5-3-11(4-6-12)7-14(23-38-40(31,32)33)39-22-19(30)16(27)15(26)13(8-24)37-22/h3-6,9,13,15-22,24,26-30H,7-8H2,1-2H3,(H,31,32,33)/b23-14-/t9-,13+,15+,16-,17-,18+,19+,20-,21-,22-/m0/s1. The van der Waals surface area contributed by atoms with Crippen molar-refractivity contribution in [2.45, 2.75) is 80.8 Å². The maximum absolute atomic E-state index is 11.3. The number of benzene rings is 1. The van der Waals surface area contributed by atoms with Crippen LogP contribution in [0.3, 0.4) is 0 Å². The van der Waals surface area contributed by atoms with E-state index in [2.05, 4.69) is 9.44 Å². The maximum atomic E-state index is 11.3. The molecule has 40 heavy (non-hydrogen) atoms. The number of ether oxygens (including phenoxy) is 4. The van der Waals surface area contributed by atoms with Gasteiger partial charge in [0.1, 0.15) is 52.9 Å². The zero-order chi connectivity index (χ0) is 29.8. The first-order valence-corrected chi connectivity index (χ1v) is 14.1. The average molecular weight is 614 g/mol. The lowest BCUT2D eigenvalue weighted by atomic mass is 9.99. The SMILES string of the molecule is CC(=O)O[C@@H]1[C@@H](O)[C@@H](O)[C@H](Oc2ccc(C/C(=N/OS(=O)(=O)O)S[C@@H]3O[C@H](CO)[C@@H](O)[C@H](O)[C@H]3O)cc2)O[C@H]1C. The summed E-state index contributed by atoms with van der Waals surface area (Å²) in [6.45, 7) is 2.01. The van der Waals surface area contributed by atoms with Gasteiger partial charge >= 0.3 is 16.4 Å². The maximum Gasteiger partial charge on any atom is 0.466 e. The monoisotopic (exact) mass is 613 g/mol. The number of hydrogen-bond acceptors (Lipinski definition) is 16. The van der Waals surface area contributed by atoms with Crippen LogP contribution in [0.25, 0.3) is 0 Å². The van der Waals surface area contributed by atoms with Gasteiger partial charge in [0.15, 0.2) is 6.10 Å². The summed E-state index contributed by atoms with van der Waals surface area (Å²) in [5.41, 5.74) is -0.827. The number of oxime groups is 1. The van der Waals surface area contributed by atoms with Crippen molar-refractivity contribution in [2.24, 2.45) is 5.16 Å². The van der Waals surface area contributed by atoms with E-state index in [1.807, 2.05) is 0 Å². The third kappa shape index (κ3) is 8.46. The van der Waals surface area contributed by atoms with Gasteiger partial charge in [-0.2, -0.15) is 8.42 Å². The Balaban J connectivity index is 1.70. The van der Waals surface area contributed by atoms with E-state index in [1.165, 1.54) is 31.2 Å². The van der Waals surface area contributed by atoms with Gasteiger partial charge in [0.05, 0.1) is 12.7 Å². The van der Waals surface area contributed by atoms with Crippen molar-refractivity contribution in [3.63, 3.8) is 0 Å². The van der Waals surface area contributed by atoms with Gasteiger partial charge in [-0.1, -0.05) is 29.1 Å². The molecule has 226 valence electrons. The summed E-state index contributed by atoms with van der Waals surface area (Å²) in [4.78, 5) is 11.3. The Hall–Kier alpha value is -2.10. The van der Waals surface area contributed by atoms with Crippen LogP contribution in [0.4, 0.5) is 0 Å². The van der Waals surface area contributed by atoms with E-state index in [-0.39, 0.29) is 17.2 Å². The summed E-state index contributed by atoms with van der Waals surface area (Å²) in [5, 5.41) is 63.6. The summed E-state index contributed by atoms with van der Waals surface area (Å²) in [7, 11) is -4.99. The van der Waals surface area contributed by atoms with Gasteiger partial charge in [-0.3, -0.25) is 9.35 Å².